The van der Waals surface area contributed by atoms with Crippen molar-refractivity contribution in [2.45, 2.75) is 123 Å². The Hall–Kier alpha value is -0.280. The normalized spacial score (nSPS) is 50.1. The fourth-order valence-corrected chi connectivity index (χ4v) is 11.1. The SMILES string of the molecule is CO[C@@H]1OC(=O)[C@@H](Cl)[C@@]12CC[C@@]1(C)[C@@H](CC[C@@H]3[C@@H]1CC[C@]1(C)[C@@H]([C@H](C)CCCC(C)C)CC[C@@H]31)C2. The number of hydrogen-bond donors (Lipinski definition) is 0. The Balaban J connectivity index is 1.30. The number of fused-ring (bicyclic) bond motifs is 5. The molecular weight excluding hydrogens is 456 g/mol. The van der Waals surface area contributed by atoms with Gasteiger partial charge in [-0.2, -0.15) is 0 Å². The van der Waals surface area contributed by atoms with Gasteiger partial charge in [-0.3, -0.25) is 4.79 Å². The van der Waals surface area contributed by atoms with Crippen molar-refractivity contribution in [2.24, 2.45) is 57.7 Å². The highest BCUT2D eigenvalue weighted by molar-refractivity contribution is 6.31. The van der Waals surface area contributed by atoms with Crippen LogP contribution in [0.5, 0.6) is 0 Å². The molecule has 0 amide bonds. The molecule has 1 heterocycles. The van der Waals surface area contributed by atoms with E-state index in [0.29, 0.717) is 16.7 Å². The third-order valence-corrected chi connectivity index (χ3v) is 13.3. The zero-order chi connectivity index (χ0) is 25.2. The lowest BCUT2D eigenvalue weighted by atomic mass is 9.42. The topological polar surface area (TPSA) is 35.5 Å². The second-order valence-corrected chi connectivity index (χ2v) is 14.9. The standard InChI is InChI=1S/C31H51ClO3/c1-19(2)8-7-9-20(3)23-12-13-24-22-11-10-21-18-31(26(32)27(33)35-28(31)34-6)17-16-29(21,4)25(22)14-15-30(23,24)5/h19-26,28H,7-18H2,1-6H3/t20-,21+,22+,23-,24+,25+,26-,28-,29+,30-,31+/m1/s1. The molecule has 200 valence electrons. The molecule has 5 rings (SSSR count). The highest BCUT2D eigenvalue weighted by Gasteiger charge is 2.66. The number of halogens is 1. The number of hydrogen-bond acceptors (Lipinski definition) is 3. The minimum absolute atomic E-state index is 0.274. The monoisotopic (exact) mass is 506 g/mol. The first kappa shape index (κ1) is 26.3. The Morgan fingerprint density at radius 1 is 0.971 bits per heavy atom. The zero-order valence-electron chi connectivity index (χ0n) is 23.3. The second kappa shape index (κ2) is 9.48. The number of methoxy groups -OCH3 is 1. The van der Waals surface area contributed by atoms with Crippen LogP contribution >= 0.6 is 11.6 Å². The van der Waals surface area contributed by atoms with Crippen LogP contribution in [-0.4, -0.2) is 24.7 Å². The van der Waals surface area contributed by atoms with Gasteiger partial charge in [-0.25, -0.2) is 0 Å². The summed E-state index contributed by atoms with van der Waals surface area (Å²) < 4.78 is 11.3. The molecule has 0 aromatic carbocycles. The van der Waals surface area contributed by atoms with Gasteiger partial charge in [0.05, 0.1) is 5.41 Å². The van der Waals surface area contributed by atoms with E-state index in [1.807, 2.05) is 0 Å². The van der Waals surface area contributed by atoms with Crippen LogP contribution in [0.15, 0.2) is 0 Å². The zero-order valence-corrected chi connectivity index (χ0v) is 24.0. The predicted octanol–water partition coefficient (Wildman–Crippen LogP) is 8.23. The van der Waals surface area contributed by atoms with Gasteiger partial charge in [-0.15, -0.1) is 11.6 Å². The minimum atomic E-state index is -0.558. The summed E-state index contributed by atoms with van der Waals surface area (Å²) in [6.07, 6.45) is 15.2. The average Bonchev–Trinajstić information content (AvgIpc) is 3.29. The molecule has 0 aromatic heterocycles. The second-order valence-electron chi connectivity index (χ2n) is 14.5. The highest BCUT2D eigenvalue weighted by Crippen LogP contribution is 2.70. The van der Waals surface area contributed by atoms with Gasteiger partial charge in [0, 0.05) is 7.11 Å². The number of cyclic esters (lactones) is 1. The van der Waals surface area contributed by atoms with Crippen LogP contribution in [-0.2, 0) is 14.3 Å². The van der Waals surface area contributed by atoms with Gasteiger partial charge in [0.15, 0.2) is 0 Å². The van der Waals surface area contributed by atoms with E-state index in [1.54, 1.807) is 7.11 Å². The molecule has 1 saturated heterocycles. The lowest BCUT2D eigenvalue weighted by molar-refractivity contribution is -0.192. The molecule has 0 bridgehead atoms. The van der Waals surface area contributed by atoms with Crippen molar-refractivity contribution in [3.8, 4) is 0 Å². The Morgan fingerprint density at radius 3 is 2.43 bits per heavy atom. The lowest BCUT2D eigenvalue weighted by Crippen LogP contribution is -2.57. The molecular formula is C31H51ClO3. The van der Waals surface area contributed by atoms with Gasteiger partial charge in [0.25, 0.3) is 0 Å². The van der Waals surface area contributed by atoms with E-state index < -0.39 is 11.7 Å². The van der Waals surface area contributed by atoms with Gasteiger partial charge in [-0.05, 0) is 110 Å². The van der Waals surface area contributed by atoms with Crippen molar-refractivity contribution >= 4 is 17.6 Å². The Bertz CT molecular complexity index is 798. The summed E-state index contributed by atoms with van der Waals surface area (Å²) in [5.74, 6) is 5.61. The van der Waals surface area contributed by atoms with Gasteiger partial charge >= 0.3 is 5.97 Å². The molecule has 1 aliphatic heterocycles. The summed E-state index contributed by atoms with van der Waals surface area (Å²) in [7, 11) is 1.67. The minimum Gasteiger partial charge on any atom is -0.434 e. The molecule has 11 atom stereocenters. The summed E-state index contributed by atoms with van der Waals surface area (Å²) in [4.78, 5) is 12.4. The van der Waals surface area contributed by atoms with Crippen LogP contribution < -0.4 is 0 Å². The maximum absolute atomic E-state index is 12.4. The van der Waals surface area contributed by atoms with Crippen LogP contribution in [0.4, 0.5) is 0 Å². The van der Waals surface area contributed by atoms with Crippen molar-refractivity contribution in [1.82, 2.24) is 0 Å². The van der Waals surface area contributed by atoms with E-state index in [0.717, 1.165) is 54.8 Å². The van der Waals surface area contributed by atoms with Crippen LogP contribution in [0.2, 0.25) is 0 Å². The quantitative estimate of drug-likeness (QED) is 0.269. The van der Waals surface area contributed by atoms with Crippen molar-refractivity contribution in [3.05, 3.63) is 0 Å². The Kier molecular flexibility index (Phi) is 7.13. The molecule has 35 heavy (non-hydrogen) atoms. The number of carbonyl (C=O) groups excluding carboxylic acids is 1. The van der Waals surface area contributed by atoms with Crippen molar-refractivity contribution < 1.29 is 14.3 Å². The molecule has 0 unspecified atom stereocenters. The smallest absolute Gasteiger partial charge is 0.327 e. The molecule has 4 saturated carbocycles. The van der Waals surface area contributed by atoms with Gasteiger partial charge in [0.1, 0.15) is 5.38 Å². The van der Waals surface area contributed by atoms with Crippen molar-refractivity contribution in [2.75, 3.05) is 7.11 Å². The largest absolute Gasteiger partial charge is 0.434 e. The maximum atomic E-state index is 12.4. The van der Waals surface area contributed by atoms with Crippen LogP contribution in [0.1, 0.15) is 112 Å². The first-order valence-electron chi connectivity index (χ1n) is 14.9. The highest BCUT2D eigenvalue weighted by atomic mass is 35.5. The fourth-order valence-electron chi connectivity index (χ4n) is 10.7. The first-order valence-corrected chi connectivity index (χ1v) is 15.4. The molecule has 3 nitrogen and oxygen atoms in total. The number of carbonyl (C=O) groups is 1. The summed E-state index contributed by atoms with van der Waals surface area (Å²) in [6, 6.07) is 0. The van der Waals surface area contributed by atoms with E-state index in [4.69, 9.17) is 21.1 Å². The van der Waals surface area contributed by atoms with E-state index in [9.17, 15) is 4.79 Å². The van der Waals surface area contributed by atoms with Gasteiger partial charge in [-0.1, -0.05) is 53.9 Å². The van der Waals surface area contributed by atoms with Gasteiger partial charge in [0.2, 0.25) is 6.29 Å². The lowest BCUT2D eigenvalue weighted by Gasteiger charge is -2.62. The molecule has 4 aliphatic carbocycles. The Labute approximate surface area is 219 Å². The molecule has 5 aliphatic rings. The van der Waals surface area contributed by atoms with Crippen molar-refractivity contribution in [1.29, 1.82) is 0 Å². The first-order chi connectivity index (χ1) is 16.6. The molecule has 0 radical (unpaired) electrons. The van der Waals surface area contributed by atoms with E-state index in [-0.39, 0.29) is 11.4 Å². The number of alkyl halides is 1. The van der Waals surface area contributed by atoms with Crippen molar-refractivity contribution in [3.63, 3.8) is 0 Å². The molecule has 0 aromatic rings. The molecule has 0 N–H and O–H groups in total. The van der Waals surface area contributed by atoms with Crippen LogP contribution in [0.25, 0.3) is 0 Å². The molecule has 1 spiro atoms. The Morgan fingerprint density at radius 2 is 1.71 bits per heavy atom. The van der Waals surface area contributed by atoms with Gasteiger partial charge < -0.3 is 9.47 Å². The summed E-state index contributed by atoms with van der Waals surface area (Å²) in [6.45, 7) is 12.6. The molecule has 5 fully saturated rings. The van der Waals surface area contributed by atoms with Crippen LogP contribution in [0, 0.1) is 57.7 Å². The third-order valence-electron chi connectivity index (χ3n) is 12.6. The van der Waals surface area contributed by atoms with E-state index >= 15 is 0 Å². The third kappa shape index (κ3) is 4.03. The predicted molar refractivity (Wildman–Crippen MR) is 142 cm³/mol. The van der Waals surface area contributed by atoms with E-state index in [1.165, 1.54) is 57.8 Å². The summed E-state index contributed by atoms with van der Waals surface area (Å²) in [5.41, 5.74) is 0.583. The maximum Gasteiger partial charge on any atom is 0.327 e. The summed E-state index contributed by atoms with van der Waals surface area (Å²) in [5, 5.41) is -0.558. The number of ether oxygens (including phenoxy) is 2. The van der Waals surface area contributed by atoms with Crippen LogP contribution in [0.3, 0.4) is 0 Å². The van der Waals surface area contributed by atoms with E-state index in [2.05, 4.69) is 34.6 Å². The average molecular weight is 507 g/mol. The summed E-state index contributed by atoms with van der Waals surface area (Å²) >= 11 is 6.72. The number of rotatable bonds is 6. The molecule has 4 heteroatoms. The fraction of sp³-hybridized carbons (Fsp3) is 0.968. The number of esters is 1.